The molecule has 0 saturated heterocycles. The van der Waals surface area contributed by atoms with Crippen molar-refractivity contribution >= 4 is 65.7 Å². The number of anilines is 6. The molecule has 0 atom stereocenters. The van der Waals surface area contributed by atoms with Crippen LogP contribution in [0.1, 0.15) is 0 Å². The first-order valence-corrected chi connectivity index (χ1v) is 21.7. The Hall–Kier alpha value is -7.33. The molecule has 0 radical (unpaired) electrons. The summed E-state index contributed by atoms with van der Waals surface area (Å²) >= 11 is 0. The zero-order valence-corrected chi connectivity index (χ0v) is 33.4. The maximum atomic E-state index is 2.43. The summed E-state index contributed by atoms with van der Waals surface area (Å²) in [5, 5.41) is 4.87. The summed E-state index contributed by atoms with van der Waals surface area (Å²) in [6.45, 7) is 0. The molecular weight excluding hydrogens is 733 g/mol. The van der Waals surface area contributed by atoms with E-state index in [1.807, 2.05) is 0 Å². The van der Waals surface area contributed by atoms with Crippen molar-refractivity contribution in [3.8, 4) is 0 Å². The van der Waals surface area contributed by atoms with Gasteiger partial charge in [0.25, 0.3) is 0 Å². The molecule has 59 heavy (non-hydrogen) atoms. The Morgan fingerprint density at radius 1 is 0.203 bits per heavy atom. The first-order valence-electron chi connectivity index (χ1n) is 20.1. The molecular formula is C56H42N2S. The van der Waals surface area contributed by atoms with Gasteiger partial charge in [-0.15, -0.1) is 10.0 Å². The Bertz CT molecular complexity index is 2800. The van der Waals surface area contributed by atoms with Gasteiger partial charge >= 0.3 is 0 Å². The largest absolute Gasteiger partial charge is 0.310 e. The molecule has 0 amide bonds. The van der Waals surface area contributed by atoms with Crippen LogP contribution in [-0.2, 0) is 0 Å². The normalized spacial score (nSPS) is 11.7. The van der Waals surface area contributed by atoms with Gasteiger partial charge in [-0.2, -0.15) is 0 Å². The van der Waals surface area contributed by atoms with Gasteiger partial charge in [0.1, 0.15) is 0 Å². The van der Waals surface area contributed by atoms with E-state index >= 15 is 0 Å². The fourth-order valence-electron chi connectivity index (χ4n) is 8.37. The predicted octanol–water partition coefficient (Wildman–Crippen LogP) is 16.3. The Balaban J connectivity index is 1.22. The first-order chi connectivity index (χ1) is 29.3. The van der Waals surface area contributed by atoms with Crippen LogP contribution in [0.5, 0.6) is 0 Å². The van der Waals surface area contributed by atoms with Crippen molar-refractivity contribution in [3.63, 3.8) is 0 Å². The van der Waals surface area contributed by atoms with Crippen LogP contribution in [0.25, 0.3) is 21.5 Å². The minimum Gasteiger partial charge on any atom is -0.310 e. The summed E-state index contributed by atoms with van der Waals surface area (Å²) in [5.41, 5.74) is 6.65. The van der Waals surface area contributed by atoms with E-state index in [2.05, 4.69) is 265 Å². The smallest absolute Gasteiger partial charge is 0.0472 e. The van der Waals surface area contributed by atoms with Crippen LogP contribution in [0, 0.1) is 0 Å². The third-order valence-electron chi connectivity index (χ3n) is 11.1. The highest BCUT2D eigenvalue weighted by molar-refractivity contribution is 8.34. The second kappa shape index (κ2) is 15.9. The van der Waals surface area contributed by atoms with Gasteiger partial charge in [0.05, 0.1) is 0 Å². The first kappa shape index (κ1) is 36.0. The molecule has 2 nitrogen and oxygen atoms in total. The van der Waals surface area contributed by atoms with Crippen molar-refractivity contribution in [1.82, 2.24) is 0 Å². The van der Waals surface area contributed by atoms with Gasteiger partial charge in [-0.05, 0) is 131 Å². The number of para-hydroxylation sites is 2. The lowest BCUT2D eigenvalue weighted by molar-refractivity contribution is 1.21. The molecule has 0 aromatic heterocycles. The minimum atomic E-state index is -2.07. The van der Waals surface area contributed by atoms with Gasteiger partial charge in [-0.3, -0.25) is 0 Å². The molecule has 0 aliphatic carbocycles. The van der Waals surface area contributed by atoms with Crippen LogP contribution >= 0.6 is 10.0 Å². The summed E-state index contributed by atoms with van der Waals surface area (Å²) in [6.07, 6.45) is 0. The van der Waals surface area contributed by atoms with Crippen molar-refractivity contribution in [2.45, 2.75) is 19.6 Å². The van der Waals surface area contributed by atoms with Crippen molar-refractivity contribution < 1.29 is 0 Å². The lowest BCUT2D eigenvalue weighted by Gasteiger charge is -2.43. The van der Waals surface area contributed by atoms with Crippen LogP contribution in [0.15, 0.2) is 274 Å². The average molecular weight is 775 g/mol. The van der Waals surface area contributed by atoms with E-state index in [0.29, 0.717) is 0 Å². The van der Waals surface area contributed by atoms with Crippen molar-refractivity contribution in [2.24, 2.45) is 0 Å². The van der Waals surface area contributed by atoms with Crippen LogP contribution in [0.4, 0.5) is 34.1 Å². The summed E-state index contributed by atoms with van der Waals surface area (Å²) in [6, 6.07) is 93.0. The van der Waals surface area contributed by atoms with Gasteiger partial charge in [0.2, 0.25) is 0 Å². The third kappa shape index (κ3) is 6.82. The number of benzene rings is 10. The monoisotopic (exact) mass is 774 g/mol. The molecule has 3 heteroatoms. The quantitative estimate of drug-likeness (QED) is 0.137. The predicted molar refractivity (Wildman–Crippen MR) is 251 cm³/mol. The molecule has 10 aromatic rings. The van der Waals surface area contributed by atoms with Crippen molar-refractivity contribution in [1.29, 1.82) is 0 Å². The zero-order valence-electron chi connectivity index (χ0n) is 32.6. The summed E-state index contributed by atoms with van der Waals surface area (Å²) in [4.78, 5) is 9.84. The molecule has 0 saturated carbocycles. The number of hydrogen-bond acceptors (Lipinski definition) is 2. The topological polar surface area (TPSA) is 6.48 Å². The lowest BCUT2D eigenvalue weighted by atomic mass is 10.1. The minimum absolute atomic E-state index is 1.10. The molecule has 0 bridgehead atoms. The maximum Gasteiger partial charge on any atom is 0.0472 e. The van der Waals surface area contributed by atoms with Crippen LogP contribution in [0.3, 0.4) is 0 Å². The molecule has 0 spiro atoms. The highest BCUT2D eigenvalue weighted by Crippen LogP contribution is 2.74. The number of rotatable bonds is 10. The summed E-state index contributed by atoms with van der Waals surface area (Å²) in [5.74, 6) is 0. The third-order valence-corrected chi connectivity index (χ3v) is 14.9. The van der Waals surface area contributed by atoms with E-state index in [1.165, 1.54) is 41.1 Å². The Labute approximate surface area is 348 Å². The van der Waals surface area contributed by atoms with E-state index in [0.717, 1.165) is 34.1 Å². The van der Waals surface area contributed by atoms with Gasteiger partial charge in [0, 0.05) is 53.7 Å². The summed E-state index contributed by atoms with van der Waals surface area (Å²) < 4.78 is 0. The van der Waals surface area contributed by atoms with E-state index < -0.39 is 10.0 Å². The van der Waals surface area contributed by atoms with E-state index in [1.54, 1.807) is 0 Å². The van der Waals surface area contributed by atoms with Crippen LogP contribution in [0.2, 0.25) is 0 Å². The van der Waals surface area contributed by atoms with Gasteiger partial charge in [-0.25, -0.2) is 0 Å². The molecule has 0 aliphatic heterocycles. The number of nitrogens with zero attached hydrogens (tertiary/aromatic N) is 2. The Kier molecular flexibility index (Phi) is 9.71. The van der Waals surface area contributed by atoms with Gasteiger partial charge < -0.3 is 9.80 Å². The SMILES string of the molecule is c1ccc(N(c2cccc(S(c3ccccc3)(c3ccccc3)c3cccc(N(c4ccccc4)c4ccc5ccccc5c4)c3)c2)c2ccc3ccccc3c2)cc1. The highest BCUT2D eigenvalue weighted by atomic mass is 32.3. The van der Waals surface area contributed by atoms with E-state index in [4.69, 9.17) is 0 Å². The second-order valence-electron chi connectivity index (χ2n) is 14.6. The maximum absolute atomic E-state index is 2.43. The molecule has 10 rings (SSSR count). The van der Waals surface area contributed by atoms with Crippen molar-refractivity contribution in [2.75, 3.05) is 9.80 Å². The lowest BCUT2D eigenvalue weighted by Crippen LogP contribution is -2.12. The van der Waals surface area contributed by atoms with E-state index in [9.17, 15) is 0 Å². The number of fused-ring (bicyclic) bond motifs is 2. The molecule has 0 aliphatic rings. The highest BCUT2D eigenvalue weighted by Gasteiger charge is 2.34. The summed E-state index contributed by atoms with van der Waals surface area (Å²) in [7, 11) is -2.07. The molecule has 282 valence electrons. The number of hydrogen-bond donors (Lipinski definition) is 0. The fourth-order valence-corrected chi connectivity index (χ4v) is 12.3. The standard InChI is InChI=1S/C56H42N2S/c1-5-23-47(24-6-1)57(51-37-35-43-19-13-15-21-45(43)39-51)49-27-17-33-55(41-49)59(53-29-9-3-10-30-53,54-31-11-4-12-32-54)56-34-18-28-50(42-56)58(48-25-7-2-8-26-48)52-38-36-44-20-14-16-22-46(44)40-52/h1-42H. The zero-order chi connectivity index (χ0) is 39.4. The van der Waals surface area contributed by atoms with Gasteiger partial charge in [0.15, 0.2) is 0 Å². The molecule has 0 unspecified atom stereocenters. The van der Waals surface area contributed by atoms with Gasteiger partial charge in [-0.1, -0.05) is 146 Å². The average Bonchev–Trinajstić information content (AvgIpc) is 3.31. The van der Waals surface area contributed by atoms with E-state index in [-0.39, 0.29) is 0 Å². The van der Waals surface area contributed by atoms with Crippen LogP contribution in [-0.4, -0.2) is 0 Å². The van der Waals surface area contributed by atoms with Crippen molar-refractivity contribution in [3.05, 3.63) is 255 Å². The molecule has 10 aromatic carbocycles. The molecule has 0 N–H and O–H groups in total. The molecule has 0 heterocycles. The Morgan fingerprint density at radius 2 is 0.508 bits per heavy atom. The Morgan fingerprint density at radius 3 is 0.915 bits per heavy atom. The fraction of sp³-hybridized carbons (Fsp3) is 0. The molecule has 0 fully saturated rings. The van der Waals surface area contributed by atoms with Crippen LogP contribution < -0.4 is 9.80 Å². The second-order valence-corrected chi connectivity index (χ2v) is 17.7.